The van der Waals surface area contributed by atoms with E-state index in [1.54, 1.807) is 6.07 Å². The highest BCUT2D eigenvalue weighted by molar-refractivity contribution is 5.89. The first-order chi connectivity index (χ1) is 11.3. The molecule has 1 N–H and O–H groups in total. The molecule has 0 radical (unpaired) electrons. The molecule has 1 heterocycles. The van der Waals surface area contributed by atoms with Crippen LogP contribution < -0.4 is 5.32 Å². The molecule has 7 heteroatoms. The number of halogens is 3. The topological polar surface area (TPSA) is 49.4 Å². The number of benzene rings is 1. The third-order valence-electron chi connectivity index (χ3n) is 4.47. The molecule has 2 fully saturated rings. The number of nitrogens with zero attached hydrogens (tertiary/aromatic N) is 1. The smallest absolute Gasteiger partial charge is 0.356 e. The van der Waals surface area contributed by atoms with E-state index in [2.05, 4.69) is 5.32 Å². The van der Waals surface area contributed by atoms with Crippen LogP contribution in [0.25, 0.3) is 0 Å². The molecule has 2 amide bonds. The normalized spacial score (nSPS) is 21.2. The van der Waals surface area contributed by atoms with Crippen molar-refractivity contribution in [1.29, 1.82) is 0 Å². The van der Waals surface area contributed by atoms with Crippen LogP contribution in [-0.2, 0) is 22.3 Å². The summed E-state index contributed by atoms with van der Waals surface area (Å²) in [4.78, 5) is 25.6. The van der Waals surface area contributed by atoms with Crippen LogP contribution in [0, 0.1) is 11.8 Å². The highest BCUT2D eigenvalue weighted by atomic mass is 19.4. The monoisotopic (exact) mass is 340 g/mol. The van der Waals surface area contributed by atoms with E-state index >= 15 is 0 Å². The van der Waals surface area contributed by atoms with Crippen molar-refractivity contribution in [2.45, 2.75) is 32.0 Å². The molecule has 4 nitrogen and oxygen atoms in total. The van der Waals surface area contributed by atoms with Crippen molar-refractivity contribution >= 4 is 11.8 Å². The molecule has 24 heavy (non-hydrogen) atoms. The number of hydrogen-bond donors (Lipinski definition) is 1. The van der Waals surface area contributed by atoms with E-state index < -0.39 is 17.7 Å². The molecule has 3 rings (SSSR count). The fourth-order valence-corrected chi connectivity index (χ4v) is 2.88. The van der Waals surface area contributed by atoms with Gasteiger partial charge in [-0.1, -0.05) is 12.1 Å². The summed E-state index contributed by atoms with van der Waals surface area (Å²) < 4.78 is 38.2. The van der Waals surface area contributed by atoms with Crippen LogP contribution in [0.15, 0.2) is 24.3 Å². The average Bonchev–Trinajstić information content (AvgIpc) is 3.28. The molecule has 1 saturated carbocycles. The third kappa shape index (κ3) is 4.07. The lowest BCUT2D eigenvalue weighted by Crippen LogP contribution is -2.34. The summed E-state index contributed by atoms with van der Waals surface area (Å²) in [5, 5.41) is 2.85. The van der Waals surface area contributed by atoms with E-state index in [0.29, 0.717) is 18.0 Å². The number of hydrogen-bond acceptors (Lipinski definition) is 2. The molecule has 0 aromatic heterocycles. The van der Waals surface area contributed by atoms with Gasteiger partial charge in [0.1, 0.15) is 0 Å². The van der Waals surface area contributed by atoms with E-state index in [-0.39, 0.29) is 31.3 Å². The Morgan fingerprint density at radius 1 is 1.29 bits per heavy atom. The Morgan fingerprint density at radius 3 is 2.71 bits per heavy atom. The maximum Gasteiger partial charge on any atom is 0.416 e. The van der Waals surface area contributed by atoms with Gasteiger partial charge >= 0.3 is 6.18 Å². The number of rotatable bonds is 5. The minimum Gasteiger partial charge on any atom is -0.356 e. The van der Waals surface area contributed by atoms with Crippen LogP contribution in [0.1, 0.15) is 30.4 Å². The van der Waals surface area contributed by atoms with Crippen LogP contribution in [0.3, 0.4) is 0 Å². The predicted molar refractivity (Wildman–Crippen MR) is 80.7 cm³/mol. The van der Waals surface area contributed by atoms with Gasteiger partial charge in [0.15, 0.2) is 0 Å². The summed E-state index contributed by atoms with van der Waals surface area (Å²) in [6, 6.07) is 4.94. The first-order valence-electron chi connectivity index (χ1n) is 8.04. The van der Waals surface area contributed by atoms with Crippen LogP contribution in [0.4, 0.5) is 13.2 Å². The van der Waals surface area contributed by atoms with Gasteiger partial charge in [-0.05, 0) is 36.5 Å². The largest absolute Gasteiger partial charge is 0.416 e. The lowest BCUT2D eigenvalue weighted by atomic mass is 10.1. The molecule has 2 aliphatic rings. The fourth-order valence-electron chi connectivity index (χ4n) is 2.88. The Hall–Kier alpha value is -2.05. The number of carbonyl (C=O) groups is 2. The minimum atomic E-state index is -4.41. The maximum absolute atomic E-state index is 12.7. The molecule has 130 valence electrons. The molecule has 0 unspecified atom stereocenters. The molecule has 1 aromatic rings. The second-order valence-corrected chi connectivity index (χ2v) is 6.56. The molecule has 0 spiro atoms. The molecular formula is C17H19F3N2O2. The molecule has 1 saturated heterocycles. The van der Waals surface area contributed by atoms with E-state index in [1.807, 2.05) is 0 Å². The first kappa shape index (κ1) is 16.8. The van der Waals surface area contributed by atoms with Crippen molar-refractivity contribution in [1.82, 2.24) is 10.2 Å². The Morgan fingerprint density at radius 2 is 2.04 bits per heavy atom. The van der Waals surface area contributed by atoms with Crippen LogP contribution in [-0.4, -0.2) is 29.8 Å². The van der Waals surface area contributed by atoms with Gasteiger partial charge in [0.05, 0.1) is 11.5 Å². The number of nitrogens with one attached hydrogen (secondary N) is 1. The zero-order valence-electron chi connectivity index (χ0n) is 13.1. The second kappa shape index (κ2) is 6.45. The standard InChI is InChI=1S/C17H19F3N2O2/c18-17(19,20)14-3-1-2-12(6-14)9-22-10-13(7-15(22)23)16(24)21-8-11-4-5-11/h1-3,6,11,13H,4-5,7-10H2,(H,21,24)/t13-/m1/s1. The summed E-state index contributed by atoms with van der Waals surface area (Å²) in [6.45, 7) is 0.998. The molecule has 0 bridgehead atoms. The number of carbonyl (C=O) groups excluding carboxylic acids is 2. The van der Waals surface area contributed by atoms with Crippen LogP contribution in [0.2, 0.25) is 0 Å². The second-order valence-electron chi connectivity index (χ2n) is 6.56. The van der Waals surface area contributed by atoms with E-state index in [4.69, 9.17) is 0 Å². The third-order valence-corrected chi connectivity index (χ3v) is 4.47. The molecular weight excluding hydrogens is 321 g/mol. The first-order valence-corrected chi connectivity index (χ1v) is 8.04. The van der Waals surface area contributed by atoms with Crippen molar-refractivity contribution in [2.75, 3.05) is 13.1 Å². The van der Waals surface area contributed by atoms with Crippen LogP contribution in [0.5, 0.6) is 0 Å². The van der Waals surface area contributed by atoms with Crippen molar-refractivity contribution in [2.24, 2.45) is 11.8 Å². The van der Waals surface area contributed by atoms with Crippen molar-refractivity contribution in [3.63, 3.8) is 0 Å². The quantitative estimate of drug-likeness (QED) is 0.896. The molecule has 1 atom stereocenters. The fraction of sp³-hybridized carbons (Fsp3) is 0.529. The summed E-state index contributed by atoms with van der Waals surface area (Å²) >= 11 is 0. The molecule has 1 aliphatic heterocycles. The minimum absolute atomic E-state index is 0.0924. The van der Waals surface area contributed by atoms with Gasteiger partial charge in [0, 0.05) is 26.1 Å². The van der Waals surface area contributed by atoms with E-state index in [0.717, 1.165) is 25.0 Å². The Balaban J connectivity index is 1.59. The van der Waals surface area contributed by atoms with Gasteiger partial charge in [0.2, 0.25) is 11.8 Å². The number of amides is 2. The zero-order valence-corrected chi connectivity index (χ0v) is 13.1. The van der Waals surface area contributed by atoms with Gasteiger partial charge in [-0.25, -0.2) is 0 Å². The van der Waals surface area contributed by atoms with Gasteiger partial charge in [-0.15, -0.1) is 0 Å². The van der Waals surface area contributed by atoms with Gasteiger partial charge < -0.3 is 10.2 Å². The summed E-state index contributed by atoms with van der Waals surface area (Å²) in [5.41, 5.74) is -0.317. The zero-order chi connectivity index (χ0) is 17.3. The summed E-state index contributed by atoms with van der Waals surface area (Å²) in [7, 11) is 0. The molecule has 1 aliphatic carbocycles. The Labute approximate surface area is 138 Å². The highest BCUT2D eigenvalue weighted by Crippen LogP contribution is 2.30. The maximum atomic E-state index is 12.7. The molecule has 1 aromatic carbocycles. The predicted octanol–water partition coefficient (Wildman–Crippen LogP) is 2.58. The Bertz CT molecular complexity index is 641. The lowest BCUT2D eigenvalue weighted by Gasteiger charge is -2.17. The highest BCUT2D eigenvalue weighted by Gasteiger charge is 2.35. The SMILES string of the molecule is O=C(NCC1CC1)[C@@H]1CC(=O)N(Cc2cccc(C(F)(F)F)c2)C1. The number of likely N-dealkylation sites (tertiary alicyclic amines) is 1. The Kier molecular flexibility index (Phi) is 4.51. The summed E-state index contributed by atoms with van der Waals surface area (Å²) in [5.74, 6) is -0.185. The summed E-state index contributed by atoms with van der Waals surface area (Å²) in [6.07, 6.45) is -2.02. The van der Waals surface area contributed by atoms with E-state index in [1.165, 1.54) is 11.0 Å². The lowest BCUT2D eigenvalue weighted by molar-refractivity contribution is -0.137. The van der Waals surface area contributed by atoms with Gasteiger partial charge in [-0.2, -0.15) is 13.2 Å². The van der Waals surface area contributed by atoms with Gasteiger partial charge in [-0.3, -0.25) is 9.59 Å². The van der Waals surface area contributed by atoms with Crippen molar-refractivity contribution < 1.29 is 22.8 Å². The van der Waals surface area contributed by atoms with Crippen LogP contribution >= 0.6 is 0 Å². The number of alkyl halides is 3. The van der Waals surface area contributed by atoms with Gasteiger partial charge in [0.25, 0.3) is 0 Å². The van der Waals surface area contributed by atoms with Crippen molar-refractivity contribution in [3.05, 3.63) is 35.4 Å². The van der Waals surface area contributed by atoms with Crippen molar-refractivity contribution in [3.8, 4) is 0 Å². The average molecular weight is 340 g/mol. The van der Waals surface area contributed by atoms with E-state index in [9.17, 15) is 22.8 Å².